The average Bonchev–Trinajstić information content (AvgIpc) is 2.57. The number of nitro groups is 1. The minimum Gasteiger partial charge on any atom is -0.378 e. The summed E-state index contributed by atoms with van der Waals surface area (Å²) < 4.78 is 23.1. The van der Waals surface area contributed by atoms with Gasteiger partial charge in [0.15, 0.2) is 15.8 Å². The van der Waals surface area contributed by atoms with Crippen LogP contribution < -0.4 is 16.0 Å². The quantitative estimate of drug-likeness (QED) is 0.194. The lowest BCUT2D eigenvalue weighted by atomic mass is 10.2. The molecule has 3 N–H and O–H groups in total. The molecule has 1 rings (SSSR count). The van der Waals surface area contributed by atoms with Crippen LogP contribution in [0.15, 0.2) is 28.1 Å². The maximum Gasteiger partial charge on any atom is 0.293 e. The highest BCUT2D eigenvalue weighted by Gasteiger charge is 2.18. The summed E-state index contributed by atoms with van der Waals surface area (Å²) in [4.78, 5) is 14.9. The molecule has 0 saturated heterocycles. The van der Waals surface area contributed by atoms with Crippen molar-refractivity contribution in [1.82, 2.24) is 10.6 Å². The van der Waals surface area contributed by atoms with E-state index in [1.54, 1.807) is 0 Å². The van der Waals surface area contributed by atoms with E-state index in [9.17, 15) is 18.5 Å². The number of hydrogen-bond acceptors (Lipinski definition) is 6. The number of nitro benzene ring substituents is 1. The Morgan fingerprint density at radius 1 is 1.35 bits per heavy atom. The van der Waals surface area contributed by atoms with E-state index in [1.807, 2.05) is 6.92 Å². The van der Waals surface area contributed by atoms with Crippen LogP contribution in [0, 0.1) is 10.1 Å². The fraction of sp³-hybridized carbons (Fsp3) is 0.562. The van der Waals surface area contributed by atoms with Gasteiger partial charge in [-0.25, -0.2) is 8.42 Å². The Morgan fingerprint density at radius 2 is 2.04 bits per heavy atom. The van der Waals surface area contributed by atoms with Crippen molar-refractivity contribution in [3.63, 3.8) is 0 Å². The third kappa shape index (κ3) is 6.87. The molecule has 0 spiro atoms. The zero-order chi connectivity index (χ0) is 19.7. The van der Waals surface area contributed by atoms with Crippen molar-refractivity contribution in [2.45, 2.75) is 38.1 Å². The Bertz CT molecular complexity index is 749. The lowest BCUT2D eigenvalue weighted by Crippen LogP contribution is -2.42. The predicted molar refractivity (Wildman–Crippen MR) is 104 cm³/mol. The number of nitrogens with zero attached hydrogens (tertiary/aromatic N) is 2. The van der Waals surface area contributed by atoms with Crippen molar-refractivity contribution < 1.29 is 13.3 Å². The molecule has 1 atom stereocenters. The van der Waals surface area contributed by atoms with E-state index in [-0.39, 0.29) is 22.3 Å². The third-order valence-electron chi connectivity index (χ3n) is 3.63. The second-order valence-corrected chi connectivity index (χ2v) is 7.87. The van der Waals surface area contributed by atoms with Gasteiger partial charge in [-0.1, -0.05) is 6.92 Å². The Labute approximate surface area is 154 Å². The first-order chi connectivity index (χ1) is 12.2. The number of anilines is 1. The first-order valence-electron chi connectivity index (χ1n) is 8.46. The summed E-state index contributed by atoms with van der Waals surface area (Å²) in [7, 11) is -3.50. The van der Waals surface area contributed by atoms with Crippen LogP contribution in [0.5, 0.6) is 0 Å². The highest BCUT2D eigenvalue weighted by molar-refractivity contribution is 7.90. The molecule has 0 amide bonds. The average molecular weight is 385 g/mol. The molecule has 0 aliphatic rings. The summed E-state index contributed by atoms with van der Waals surface area (Å²) in [5, 5.41) is 20.5. The highest BCUT2D eigenvalue weighted by Crippen LogP contribution is 2.27. The van der Waals surface area contributed by atoms with Gasteiger partial charge in [0.1, 0.15) is 5.69 Å². The second-order valence-electron chi connectivity index (χ2n) is 5.85. The van der Waals surface area contributed by atoms with Gasteiger partial charge >= 0.3 is 0 Å². The minimum atomic E-state index is -3.50. The van der Waals surface area contributed by atoms with E-state index in [0.717, 1.165) is 25.3 Å². The molecule has 0 heterocycles. The molecule has 0 aromatic heterocycles. The Kier molecular flexibility index (Phi) is 8.30. The SMILES string of the molecule is CCNC(=NCCNc1ccc(S(C)(=O)=O)cc1[N+](=O)[O-])NC(C)CC. The molecule has 146 valence electrons. The van der Waals surface area contributed by atoms with E-state index in [4.69, 9.17) is 0 Å². The summed E-state index contributed by atoms with van der Waals surface area (Å²) in [6, 6.07) is 4.10. The van der Waals surface area contributed by atoms with Crippen LogP contribution in [0.2, 0.25) is 0 Å². The van der Waals surface area contributed by atoms with Crippen LogP contribution in [0.3, 0.4) is 0 Å². The van der Waals surface area contributed by atoms with Crippen LogP contribution in [0.25, 0.3) is 0 Å². The first-order valence-corrected chi connectivity index (χ1v) is 10.3. The second kappa shape index (κ2) is 9.95. The zero-order valence-electron chi connectivity index (χ0n) is 15.6. The number of hydrogen-bond donors (Lipinski definition) is 3. The molecule has 0 radical (unpaired) electrons. The monoisotopic (exact) mass is 385 g/mol. The third-order valence-corrected chi connectivity index (χ3v) is 4.74. The molecule has 1 aromatic rings. The van der Waals surface area contributed by atoms with Crippen molar-refractivity contribution in [3.05, 3.63) is 28.3 Å². The molecule has 0 aliphatic heterocycles. The first kappa shape index (κ1) is 21.7. The van der Waals surface area contributed by atoms with Crippen molar-refractivity contribution in [3.8, 4) is 0 Å². The predicted octanol–water partition coefficient (Wildman–Crippen LogP) is 1.76. The van der Waals surface area contributed by atoms with Gasteiger partial charge in [-0.05, 0) is 32.4 Å². The number of nitrogens with one attached hydrogen (secondary N) is 3. The summed E-state index contributed by atoms with van der Waals surface area (Å²) in [5.41, 5.74) is -0.0148. The fourth-order valence-corrected chi connectivity index (χ4v) is 2.70. The molecular formula is C16H27N5O4S. The normalized spacial score (nSPS) is 13.2. The van der Waals surface area contributed by atoms with Gasteiger partial charge in [0.25, 0.3) is 5.69 Å². The lowest BCUT2D eigenvalue weighted by Gasteiger charge is -2.16. The molecule has 26 heavy (non-hydrogen) atoms. The Morgan fingerprint density at radius 3 is 2.58 bits per heavy atom. The van der Waals surface area contributed by atoms with Crippen molar-refractivity contribution in [2.24, 2.45) is 4.99 Å². The van der Waals surface area contributed by atoms with Crippen LogP contribution in [-0.2, 0) is 9.84 Å². The van der Waals surface area contributed by atoms with E-state index >= 15 is 0 Å². The summed E-state index contributed by atoms with van der Waals surface area (Å²) in [5.74, 6) is 0.686. The van der Waals surface area contributed by atoms with Gasteiger partial charge in [-0.3, -0.25) is 15.1 Å². The van der Waals surface area contributed by atoms with E-state index < -0.39 is 14.8 Å². The summed E-state index contributed by atoms with van der Waals surface area (Å²) in [6.07, 6.45) is 1.97. The number of guanidine groups is 1. The van der Waals surface area contributed by atoms with Gasteiger partial charge in [0.05, 0.1) is 16.4 Å². The smallest absolute Gasteiger partial charge is 0.293 e. The van der Waals surface area contributed by atoms with Crippen LogP contribution in [0.1, 0.15) is 27.2 Å². The number of rotatable bonds is 9. The highest BCUT2D eigenvalue weighted by atomic mass is 32.2. The minimum absolute atomic E-state index is 0.0834. The lowest BCUT2D eigenvalue weighted by molar-refractivity contribution is -0.384. The molecule has 1 aromatic carbocycles. The van der Waals surface area contributed by atoms with Crippen molar-refractivity contribution >= 4 is 27.2 Å². The summed E-state index contributed by atoms with van der Waals surface area (Å²) >= 11 is 0. The fourth-order valence-electron chi connectivity index (χ4n) is 2.06. The molecule has 0 aliphatic carbocycles. The van der Waals surface area contributed by atoms with Crippen molar-refractivity contribution in [1.29, 1.82) is 0 Å². The maximum atomic E-state index is 11.6. The van der Waals surface area contributed by atoms with E-state index in [1.165, 1.54) is 12.1 Å². The molecule has 0 saturated carbocycles. The summed E-state index contributed by atoms with van der Waals surface area (Å²) in [6.45, 7) is 7.60. The molecule has 0 bridgehead atoms. The van der Waals surface area contributed by atoms with Crippen LogP contribution in [-0.4, -0.2) is 51.2 Å². The van der Waals surface area contributed by atoms with E-state index in [2.05, 4.69) is 34.8 Å². The van der Waals surface area contributed by atoms with Gasteiger partial charge in [0.2, 0.25) is 0 Å². The van der Waals surface area contributed by atoms with Gasteiger partial charge in [0, 0.05) is 31.5 Å². The Balaban J connectivity index is 2.80. The Hall–Kier alpha value is -2.36. The van der Waals surface area contributed by atoms with Gasteiger partial charge in [-0.15, -0.1) is 0 Å². The molecule has 9 nitrogen and oxygen atoms in total. The van der Waals surface area contributed by atoms with Gasteiger partial charge < -0.3 is 16.0 Å². The number of benzene rings is 1. The number of aliphatic imine (C=N–C) groups is 1. The largest absolute Gasteiger partial charge is 0.378 e. The molecule has 1 unspecified atom stereocenters. The van der Waals surface area contributed by atoms with Gasteiger partial charge in [-0.2, -0.15) is 0 Å². The van der Waals surface area contributed by atoms with Crippen LogP contribution >= 0.6 is 0 Å². The maximum absolute atomic E-state index is 11.6. The molecule has 10 heteroatoms. The standard InChI is InChI=1S/C16H27N5O4S/c1-5-12(3)20-16(17-6-2)19-10-9-18-14-8-7-13(26(4,24)25)11-15(14)21(22)23/h7-8,11-12,18H,5-6,9-10H2,1-4H3,(H2,17,19,20). The molecule has 0 fully saturated rings. The molecular weight excluding hydrogens is 358 g/mol. The van der Waals surface area contributed by atoms with E-state index in [0.29, 0.717) is 19.0 Å². The topological polar surface area (TPSA) is 126 Å². The zero-order valence-corrected chi connectivity index (χ0v) is 16.4. The van der Waals surface area contributed by atoms with Crippen LogP contribution in [0.4, 0.5) is 11.4 Å². The van der Waals surface area contributed by atoms with Crippen molar-refractivity contribution in [2.75, 3.05) is 31.2 Å². The number of sulfone groups is 1.